The van der Waals surface area contributed by atoms with E-state index in [1.165, 1.54) is 6.07 Å². The van der Waals surface area contributed by atoms with Crippen molar-refractivity contribution in [3.8, 4) is 5.75 Å². The zero-order chi connectivity index (χ0) is 20.8. The second-order valence-corrected chi connectivity index (χ2v) is 7.01. The number of amides is 1. The van der Waals surface area contributed by atoms with Crippen LogP contribution >= 0.6 is 0 Å². The highest BCUT2D eigenvalue weighted by Crippen LogP contribution is 2.20. The van der Waals surface area contributed by atoms with Gasteiger partial charge in [0.25, 0.3) is 5.91 Å². The summed E-state index contributed by atoms with van der Waals surface area (Å²) >= 11 is 0. The fraction of sp³-hybridized carbons (Fsp3) is 0.364. The summed E-state index contributed by atoms with van der Waals surface area (Å²) < 4.78 is 24.3. The first kappa shape index (κ1) is 20.6. The smallest absolute Gasteiger partial charge is 0.344 e. The molecule has 0 spiro atoms. The molecular weight excluding hydrogens is 375 g/mol. The van der Waals surface area contributed by atoms with E-state index in [0.717, 1.165) is 11.1 Å². The topological polar surface area (TPSA) is 59.1 Å². The molecule has 1 heterocycles. The zero-order valence-corrected chi connectivity index (χ0v) is 16.7. The SMILES string of the molecule is Cc1ccc(OCC(=O)OCC(=O)N2CCN(c3ccccc3F)CC2)cc1C. The van der Waals surface area contributed by atoms with E-state index < -0.39 is 5.97 Å². The predicted molar refractivity (Wildman–Crippen MR) is 108 cm³/mol. The minimum atomic E-state index is -0.596. The van der Waals surface area contributed by atoms with Gasteiger partial charge in [0.1, 0.15) is 11.6 Å². The van der Waals surface area contributed by atoms with Gasteiger partial charge in [-0.05, 0) is 49.2 Å². The Morgan fingerprint density at radius 3 is 2.38 bits per heavy atom. The quantitative estimate of drug-likeness (QED) is 0.698. The first-order valence-corrected chi connectivity index (χ1v) is 9.57. The molecule has 1 fully saturated rings. The van der Waals surface area contributed by atoms with Crippen molar-refractivity contribution in [3.05, 3.63) is 59.4 Å². The molecule has 2 aromatic carbocycles. The molecule has 1 saturated heterocycles. The lowest BCUT2D eigenvalue weighted by molar-refractivity contribution is -0.153. The Morgan fingerprint density at radius 1 is 0.966 bits per heavy atom. The van der Waals surface area contributed by atoms with Crippen molar-refractivity contribution in [2.24, 2.45) is 0 Å². The van der Waals surface area contributed by atoms with Gasteiger partial charge in [0, 0.05) is 26.2 Å². The maximum absolute atomic E-state index is 13.9. The highest BCUT2D eigenvalue weighted by Gasteiger charge is 2.23. The van der Waals surface area contributed by atoms with Crippen LogP contribution in [-0.4, -0.2) is 56.2 Å². The van der Waals surface area contributed by atoms with E-state index >= 15 is 0 Å². The number of aryl methyl sites for hydroxylation is 2. The van der Waals surface area contributed by atoms with Gasteiger partial charge < -0.3 is 19.3 Å². The van der Waals surface area contributed by atoms with E-state index in [9.17, 15) is 14.0 Å². The summed E-state index contributed by atoms with van der Waals surface area (Å²) in [6.45, 7) is 5.33. The van der Waals surface area contributed by atoms with E-state index in [2.05, 4.69) is 0 Å². The van der Waals surface area contributed by atoms with Gasteiger partial charge in [0.2, 0.25) is 0 Å². The summed E-state index contributed by atoms with van der Waals surface area (Å²) in [7, 11) is 0. The number of carbonyl (C=O) groups is 2. The third-order valence-corrected chi connectivity index (χ3v) is 5.02. The van der Waals surface area contributed by atoms with Crippen LogP contribution in [0.2, 0.25) is 0 Å². The summed E-state index contributed by atoms with van der Waals surface area (Å²) in [5, 5.41) is 0. The number of piperazine rings is 1. The van der Waals surface area contributed by atoms with Crippen LogP contribution < -0.4 is 9.64 Å². The molecule has 0 N–H and O–H groups in total. The van der Waals surface area contributed by atoms with Gasteiger partial charge in [0.05, 0.1) is 5.69 Å². The van der Waals surface area contributed by atoms with Crippen molar-refractivity contribution in [1.29, 1.82) is 0 Å². The molecule has 1 aliphatic rings. The van der Waals surface area contributed by atoms with E-state index in [0.29, 0.717) is 37.6 Å². The minimum absolute atomic E-state index is 0.253. The number of hydrogen-bond acceptors (Lipinski definition) is 5. The van der Waals surface area contributed by atoms with Crippen LogP contribution in [0.25, 0.3) is 0 Å². The van der Waals surface area contributed by atoms with E-state index in [1.54, 1.807) is 29.2 Å². The lowest BCUT2D eigenvalue weighted by Crippen LogP contribution is -2.50. The molecule has 0 aromatic heterocycles. The Hall–Kier alpha value is -3.09. The Labute approximate surface area is 169 Å². The molecule has 0 bridgehead atoms. The van der Waals surface area contributed by atoms with Crippen LogP contribution in [0.15, 0.2) is 42.5 Å². The molecular formula is C22H25FN2O4. The molecule has 1 amide bonds. The number of rotatable bonds is 6. The highest BCUT2D eigenvalue weighted by atomic mass is 19.1. The highest BCUT2D eigenvalue weighted by molar-refractivity contribution is 5.81. The Balaban J connectivity index is 1.40. The molecule has 3 rings (SSSR count). The summed E-state index contributed by atoms with van der Waals surface area (Å²) in [6, 6.07) is 12.1. The van der Waals surface area contributed by atoms with Gasteiger partial charge in [-0.3, -0.25) is 4.79 Å². The third-order valence-electron chi connectivity index (χ3n) is 5.02. The van der Waals surface area contributed by atoms with Crippen LogP contribution in [0.1, 0.15) is 11.1 Å². The number of halogens is 1. The molecule has 0 unspecified atom stereocenters. The Morgan fingerprint density at radius 2 is 1.69 bits per heavy atom. The molecule has 2 aromatic rings. The molecule has 0 aliphatic carbocycles. The van der Waals surface area contributed by atoms with E-state index in [1.807, 2.05) is 30.9 Å². The summed E-state index contributed by atoms with van der Waals surface area (Å²) in [5.41, 5.74) is 2.75. The van der Waals surface area contributed by atoms with Crippen molar-refractivity contribution in [1.82, 2.24) is 4.90 Å². The fourth-order valence-electron chi connectivity index (χ4n) is 3.13. The van der Waals surface area contributed by atoms with Gasteiger partial charge in [-0.2, -0.15) is 0 Å². The van der Waals surface area contributed by atoms with Crippen molar-refractivity contribution < 1.29 is 23.5 Å². The zero-order valence-electron chi connectivity index (χ0n) is 16.7. The molecule has 154 valence electrons. The monoisotopic (exact) mass is 400 g/mol. The lowest BCUT2D eigenvalue weighted by Gasteiger charge is -2.36. The molecule has 7 heteroatoms. The first-order valence-electron chi connectivity index (χ1n) is 9.57. The van der Waals surface area contributed by atoms with Gasteiger partial charge in [-0.1, -0.05) is 18.2 Å². The van der Waals surface area contributed by atoms with E-state index in [-0.39, 0.29) is 24.9 Å². The second-order valence-electron chi connectivity index (χ2n) is 7.01. The standard InChI is InChI=1S/C22H25FN2O4/c1-16-7-8-18(13-17(16)2)28-15-22(27)29-14-21(26)25-11-9-24(10-12-25)20-6-4-3-5-19(20)23/h3-8,13H,9-12,14-15H2,1-2H3. The van der Waals surface area contributed by atoms with Crippen LogP contribution in [0.5, 0.6) is 5.75 Å². The third kappa shape index (κ3) is 5.47. The first-order chi connectivity index (χ1) is 13.9. The average molecular weight is 400 g/mol. The Kier molecular flexibility index (Phi) is 6.69. The molecule has 29 heavy (non-hydrogen) atoms. The van der Waals surface area contributed by atoms with Crippen molar-refractivity contribution in [3.63, 3.8) is 0 Å². The second kappa shape index (κ2) is 9.41. The summed E-state index contributed by atoms with van der Waals surface area (Å²) in [6.07, 6.45) is 0. The van der Waals surface area contributed by atoms with Crippen LogP contribution in [0.3, 0.4) is 0 Å². The average Bonchev–Trinajstić information content (AvgIpc) is 2.73. The van der Waals surface area contributed by atoms with Crippen LogP contribution in [-0.2, 0) is 14.3 Å². The molecule has 0 atom stereocenters. The predicted octanol–water partition coefficient (Wildman–Crippen LogP) is 2.71. The van der Waals surface area contributed by atoms with Gasteiger partial charge in [0.15, 0.2) is 13.2 Å². The number of hydrogen-bond donors (Lipinski definition) is 0. The van der Waals surface area contributed by atoms with Crippen molar-refractivity contribution in [2.75, 3.05) is 44.3 Å². The summed E-state index contributed by atoms with van der Waals surface area (Å²) in [5.74, 6) is -0.551. The number of nitrogens with zero attached hydrogens (tertiary/aromatic N) is 2. The molecule has 0 radical (unpaired) electrons. The van der Waals surface area contributed by atoms with Gasteiger partial charge in [-0.15, -0.1) is 0 Å². The van der Waals surface area contributed by atoms with Crippen molar-refractivity contribution >= 4 is 17.6 Å². The Bertz CT molecular complexity index is 879. The van der Waals surface area contributed by atoms with Crippen molar-refractivity contribution in [2.45, 2.75) is 13.8 Å². The van der Waals surface area contributed by atoms with Gasteiger partial charge in [-0.25, -0.2) is 9.18 Å². The fourth-order valence-corrected chi connectivity index (χ4v) is 3.13. The maximum atomic E-state index is 13.9. The molecule has 0 saturated carbocycles. The van der Waals surface area contributed by atoms with Crippen LogP contribution in [0.4, 0.5) is 10.1 Å². The summed E-state index contributed by atoms with van der Waals surface area (Å²) in [4.78, 5) is 27.7. The number of benzene rings is 2. The number of para-hydroxylation sites is 1. The van der Waals surface area contributed by atoms with E-state index in [4.69, 9.17) is 9.47 Å². The normalized spacial score (nSPS) is 13.9. The minimum Gasteiger partial charge on any atom is -0.482 e. The number of esters is 1. The van der Waals surface area contributed by atoms with Gasteiger partial charge >= 0.3 is 5.97 Å². The largest absolute Gasteiger partial charge is 0.482 e. The number of carbonyl (C=O) groups excluding carboxylic acids is 2. The molecule has 1 aliphatic heterocycles. The van der Waals surface area contributed by atoms with Crippen LogP contribution in [0, 0.1) is 19.7 Å². The lowest BCUT2D eigenvalue weighted by atomic mass is 10.1. The maximum Gasteiger partial charge on any atom is 0.344 e. The molecule has 6 nitrogen and oxygen atoms in total. The number of ether oxygens (including phenoxy) is 2. The number of anilines is 1.